The zero-order chi connectivity index (χ0) is 16.2. The van der Waals surface area contributed by atoms with Gasteiger partial charge in [0.2, 0.25) is 6.41 Å². The molecular weight excluding hydrogens is 294 g/mol. The second-order valence-corrected chi connectivity index (χ2v) is 5.36. The van der Waals surface area contributed by atoms with E-state index in [1.807, 2.05) is 18.2 Å². The number of piperazine rings is 1. The fraction of sp³-hybridized carbons (Fsp3) is 0.312. The molecule has 0 unspecified atom stereocenters. The summed E-state index contributed by atoms with van der Waals surface area (Å²) < 4.78 is 0. The molecule has 3 rings (SSSR count). The molecule has 7 heteroatoms. The molecule has 0 spiro atoms. The van der Waals surface area contributed by atoms with E-state index in [0.717, 1.165) is 25.2 Å². The maximum Gasteiger partial charge on any atom is 0.209 e. The van der Waals surface area contributed by atoms with Gasteiger partial charge in [0.1, 0.15) is 5.75 Å². The highest BCUT2D eigenvalue weighted by molar-refractivity contribution is 5.75. The van der Waals surface area contributed by atoms with E-state index in [-0.39, 0.29) is 5.75 Å². The van der Waals surface area contributed by atoms with Gasteiger partial charge in [-0.2, -0.15) is 0 Å². The topological polar surface area (TPSA) is 81.6 Å². The van der Waals surface area contributed by atoms with Crippen LogP contribution in [0.25, 0.3) is 11.3 Å². The lowest BCUT2D eigenvalue weighted by Gasteiger charge is -2.34. The molecule has 1 aliphatic heterocycles. The number of benzene rings is 1. The van der Waals surface area contributed by atoms with E-state index in [4.69, 9.17) is 0 Å². The zero-order valence-electron chi connectivity index (χ0n) is 12.9. The Hall–Kier alpha value is -2.83. The molecule has 1 fully saturated rings. The number of para-hydroxylation sites is 1. The van der Waals surface area contributed by atoms with Gasteiger partial charge >= 0.3 is 0 Å². The van der Waals surface area contributed by atoms with Gasteiger partial charge in [-0.25, -0.2) is 0 Å². The lowest BCUT2D eigenvalue weighted by Crippen LogP contribution is -2.46. The predicted octanol–water partition coefficient (Wildman–Crippen LogP) is 1.17. The third-order valence-electron chi connectivity index (χ3n) is 3.99. The van der Waals surface area contributed by atoms with Crippen LogP contribution in [0, 0.1) is 0 Å². The SMILES string of the molecule is CNc1nnc(-c2ccccc2O)cc1N1CCN(C=O)CC1. The average molecular weight is 313 g/mol. The summed E-state index contributed by atoms with van der Waals surface area (Å²) in [5, 5.41) is 21.5. The largest absolute Gasteiger partial charge is 0.507 e. The molecule has 1 aromatic carbocycles. The second kappa shape index (κ2) is 6.51. The van der Waals surface area contributed by atoms with Crippen molar-refractivity contribution < 1.29 is 9.90 Å². The molecule has 1 amide bonds. The number of carbonyl (C=O) groups is 1. The number of rotatable bonds is 4. The van der Waals surface area contributed by atoms with Gasteiger partial charge in [-0.3, -0.25) is 4.79 Å². The van der Waals surface area contributed by atoms with E-state index < -0.39 is 0 Å². The highest BCUT2D eigenvalue weighted by Crippen LogP contribution is 2.32. The number of amides is 1. The first-order valence-electron chi connectivity index (χ1n) is 7.51. The van der Waals surface area contributed by atoms with Gasteiger partial charge < -0.3 is 20.2 Å². The van der Waals surface area contributed by atoms with Crippen LogP contribution < -0.4 is 10.2 Å². The van der Waals surface area contributed by atoms with Crippen LogP contribution in [0.4, 0.5) is 11.5 Å². The van der Waals surface area contributed by atoms with Gasteiger partial charge in [0.25, 0.3) is 0 Å². The molecule has 1 saturated heterocycles. The number of aromatic hydroxyl groups is 1. The number of hydrogen-bond donors (Lipinski definition) is 2. The Morgan fingerprint density at radius 1 is 1.17 bits per heavy atom. The fourth-order valence-electron chi connectivity index (χ4n) is 2.69. The van der Waals surface area contributed by atoms with E-state index in [1.54, 1.807) is 24.1 Å². The Morgan fingerprint density at radius 3 is 2.57 bits per heavy atom. The van der Waals surface area contributed by atoms with Gasteiger partial charge in [0.05, 0.1) is 11.4 Å². The minimum Gasteiger partial charge on any atom is -0.507 e. The molecular formula is C16H19N5O2. The number of nitrogens with one attached hydrogen (secondary N) is 1. The molecule has 2 heterocycles. The van der Waals surface area contributed by atoms with Gasteiger partial charge in [-0.15, -0.1) is 10.2 Å². The highest BCUT2D eigenvalue weighted by atomic mass is 16.3. The molecule has 23 heavy (non-hydrogen) atoms. The average Bonchev–Trinajstić information content (AvgIpc) is 2.62. The van der Waals surface area contributed by atoms with E-state index in [1.165, 1.54) is 0 Å². The number of phenols is 1. The van der Waals surface area contributed by atoms with Crippen molar-refractivity contribution in [3.8, 4) is 17.0 Å². The van der Waals surface area contributed by atoms with E-state index in [9.17, 15) is 9.90 Å². The van der Waals surface area contributed by atoms with E-state index in [2.05, 4.69) is 20.4 Å². The summed E-state index contributed by atoms with van der Waals surface area (Å²) in [6.07, 6.45) is 0.883. The lowest BCUT2D eigenvalue weighted by molar-refractivity contribution is -0.118. The summed E-state index contributed by atoms with van der Waals surface area (Å²) in [5.41, 5.74) is 2.19. The highest BCUT2D eigenvalue weighted by Gasteiger charge is 2.20. The van der Waals surface area contributed by atoms with Gasteiger partial charge in [-0.1, -0.05) is 12.1 Å². The molecule has 0 radical (unpaired) electrons. The number of aromatic nitrogens is 2. The summed E-state index contributed by atoms with van der Waals surface area (Å²) in [5.74, 6) is 0.861. The van der Waals surface area contributed by atoms with Crippen LogP contribution in [0.2, 0.25) is 0 Å². The molecule has 1 aliphatic rings. The normalized spacial score (nSPS) is 14.7. The number of carbonyl (C=O) groups excluding carboxylic acids is 1. The van der Waals surface area contributed by atoms with E-state index >= 15 is 0 Å². The minimum atomic E-state index is 0.177. The lowest BCUT2D eigenvalue weighted by atomic mass is 10.1. The summed E-state index contributed by atoms with van der Waals surface area (Å²) in [7, 11) is 1.80. The molecule has 0 bridgehead atoms. The maximum absolute atomic E-state index is 10.8. The van der Waals surface area contributed by atoms with Crippen molar-refractivity contribution in [1.29, 1.82) is 0 Å². The molecule has 7 nitrogen and oxygen atoms in total. The van der Waals surface area contributed by atoms with Crippen LogP contribution in [-0.4, -0.2) is 59.8 Å². The molecule has 0 atom stereocenters. The summed E-state index contributed by atoms with van der Waals surface area (Å²) in [6.45, 7) is 2.83. The van der Waals surface area contributed by atoms with Gasteiger partial charge in [0.15, 0.2) is 5.82 Å². The Balaban J connectivity index is 1.94. The second-order valence-electron chi connectivity index (χ2n) is 5.36. The third kappa shape index (κ3) is 3.03. The minimum absolute atomic E-state index is 0.177. The standard InChI is InChI=1S/C16H19N5O2/c1-17-16-14(21-8-6-20(11-22)7-9-21)10-13(18-19-16)12-4-2-3-5-15(12)23/h2-5,10-11,23H,6-9H2,1H3,(H,17,19). The molecule has 0 saturated carbocycles. The fourth-order valence-corrected chi connectivity index (χ4v) is 2.69. The molecule has 2 N–H and O–H groups in total. The first-order valence-corrected chi connectivity index (χ1v) is 7.51. The number of hydrogen-bond acceptors (Lipinski definition) is 6. The van der Waals surface area contributed by atoms with Gasteiger partial charge in [-0.05, 0) is 18.2 Å². The zero-order valence-corrected chi connectivity index (χ0v) is 12.9. The first-order chi connectivity index (χ1) is 11.2. The Morgan fingerprint density at radius 2 is 1.91 bits per heavy atom. The Kier molecular flexibility index (Phi) is 4.27. The monoisotopic (exact) mass is 313 g/mol. The molecule has 120 valence electrons. The van der Waals surface area contributed by atoms with Crippen molar-refractivity contribution in [3.63, 3.8) is 0 Å². The first kappa shape index (κ1) is 15.1. The van der Waals surface area contributed by atoms with Crippen LogP contribution >= 0.6 is 0 Å². The summed E-state index contributed by atoms with van der Waals surface area (Å²) in [4.78, 5) is 14.8. The van der Waals surface area contributed by atoms with E-state index in [0.29, 0.717) is 30.2 Å². The predicted molar refractivity (Wildman–Crippen MR) is 88.5 cm³/mol. The number of phenolic OH excluding ortho intramolecular Hbond substituents is 1. The summed E-state index contributed by atoms with van der Waals surface area (Å²) >= 11 is 0. The van der Waals surface area contributed by atoms with Crippen LogP contribution in [0.5, 0.6) is 5.75 Å². The Bertz CT molecular complexity index is 699. The van der Waals surface area contributed by atoms with Crippen LogP contribution in [0.3, 0.4) is 0 Å². The molecule has 0 aliphatic carbocycles. The number of nitrogens with zero attached hydrogens (tertiary/aromatic N) is 4. The van der Waals surface area contributed by atoms with Crippen molar-refractivity contribution in [2.75, 3.05) is 43.4 Å². The van der Waals surface area contributed by atoms with Crippen molar-refractivity contribution in [2.24, 2.45) is 0 Å². The van der Waals surface area contributed by atoms with Crippen molar-refractivity contribution in [3.05, 3.63) is 30.3 Å². The Labute approximate surface area is 134 Å². The maximum atomic E-state index is 10.8. The summed E-state index contributed by atoms with van der Waals surface area (Å²) in [6, 6.07) is 8.99. The number of anilines is 2. The smallest absolute Gasteiger partial charge is 0.209 e. The van der Waals surface area contributed by atoms with Crippen molar-refractivity contribution in [2.45, 2.75) is 0 Å². The quantitative estimate of drug-likeness (QED) is 0.825. The van der Waals surface area contributed by atoms with Crippen LogP contribution in [0.15, 0.2) is 30.3 Å². The van der Waals surface area contributed by atoms with Gasteiger partial charge in [0, 0.05) is 38.8 Å². The molecule has 1 aromatic heterocycles. The third-order valence-corrected chi connectivity index (χ3v) is 3.99. The van der Waals surface area contributed by atoms with Crippen LogP contribution in [-0.2, 0) is 4.79 Å². The van der Waals surface area contributed by atoms with Crippen molar-refractivity contribution >= 4 is 17.9 Å². The molecule has 2 aromatic rings. The van der Waals surface area contributed by atoms with Crippen LogP contribution in [0.1, 0.15) is 0 Å². The van der Waals surface area contributed by atoms with Crippen molar-refractivity contribution in [1.82, 2.24) is 15.1 Å².